The van der Waals surface area contributed by atoms with Crippen LogP contribution in [0.25, 0.3) is 0 Å². The van der Waals surface area contributed by atoms with E-state index in [4.69, 9.17) is 5.11 Å². The fourth-order valence-corrected chi connectivity index (χ4v) is 0.990. The van der Waals surface area contributed by atoms with Crippen molar-refractivity contribution in [1.82, 2.24) is 5.32 Å². The van der Waals surface area contributed by atoms with E-state index in [1.165, 1.54) is 18.6 Å². The number of amidine groups is 1. The molecule has 0 aromatic heterocycles. The molecule has 5 heteroatoms. The van der Waals surface area contributed by atoms with Crippen LogP contribution in [0.2, 0.25) is 0 Å². The van der Waals surface area contributed by atoms with Gasteiger partial charge < -0.3 is 10.4 Å². The molecule has 88 valence electrons. The Morgan fingerprint density at radius 1 is 1.56 bits per heavy atom. The maximum Gasteiger partial charge on any atom is 0.328 e. The van der Waals surface area contributed by atoms with E-state index in [0.29, 0.717) is 12.3 Å². The highest BCUT2D eigenvalue weighted by atomic mass is 16.4. The molecular weight excluding hydrogens is 206 g/mol. The van der Waals surface area contributed by atoms with Crippen molar-refractivity contribution in [1.29, 1.82) is 0 Å². The summed E-state index contributed by atoms with van der Waals surface area (Å²) < 4.78 is 0. The van der Waals surface area contributed by atoms with Crippen molar-refractivity contribution in [3.05, 3.63) is 25.4 Å². The average molecular weight is 223 g/mol. The zero-order valence-electron chi connectivity index (χ0n) is 9.39. The topological polar surface area (TPSA) is 74.0 Å². The van der Waals surface area contributed by atoms with Gasteiger partial charge in [-0.1, -0.05) is 26.5 Å². The molecule has 1 unspecified atom stereocenters. The average Bonchev–Trinajstić information content (AvgIpc) is 2.26. The lowest BCUT2D eigenvalue weighted by Crippen LogP contribution is -2.25. The molecule has 2 N–H and O–H groups in total. The van der Waals surface area contributed by atoms with Gasteiger partial charge in [0.2, 0.25) is 0 Å². The molecule has 0 rings (SSSR count). The highest BCUT2D eigenvalue weighted by Crippen LogP contribution is 2.02. The quantitative estimate of drug-likeness (QED) is 0.508. The summed E-state index contributed by atoms with van der Waals surface area (Å²) in [5.41, 5.74) is 0. The third kappa shape index (κ3) is 5.74. The highest BCUT2D eigenvalue weighted by molar-refractivity contribution is 6.00. The van der Waals surface area contributed by atoms with Gasteiger partial charge in [-0.15, -0.1) is 0 Å². The van der Waals surface area contributed by atoms with Gasteiger partial charge in [0.05, 0.1) is 6.34 Å². The van der Waals surface area contributed by atoms with Gasteiger partial charge in [0.15, 0.2) is 0 Å². The summed E-state index contributed by atoms with van der Waals surface area (Å²) in [5, 5.41) is 11.6. The number of aliphatic carboxylic acids is 1. The summed E-state index contributed by atoms with van der Waals surface area (Å²) in [6.45, 7) is 8.85. The van der Waals surface area contributed by atoms with Gasteiger partial charge in [-0.05, 0) is 12.5 Å². The number of nitrogens with one attached hydrogen (secondary N) is 1. The van der Waals surface area contributed by atoms with Gasteiger partial charge in [0.1, 0.15) is 11.9 Å². The predicted molar refractivity (Wildman–Crippen MR) is 65.8 cm³/mol. The van der Waals surface area contributed by atoms with E-state index in [-0.39, 0.29) is 0 Å². The van der Waals surface area contributed by atoms with E-state index >= 15 is 0 Å². The van der Waals surface area contributed by atoms with Crippen LogP contribution in [-0.4, -0.2) is 29.3 Å². The first-order valence-corrected chi connectivity index (χ1v) is 4.97. The fraction of sp³-hybridized carbons (Fsp3) is 0.364. The standard InChI is InChI=1S/C11H17N3O2/c1-4-7-9(11(15)16)14-10(5-2)13-8-12-6-3/h5-6,8-9H,2-4,7H2,1H3,(H,15,16)(H,12,13,14). The van der Waals surface area contributed by atoms with Crippen molar-refractivity contribution in [2.24, 2.45) is 9.98 Å². The summed E-state index contributed by atoms with van der Waals surface area (Å²) in [5.74, 6) is -0.560. The Balaban J connectivity index is 4.61. The monoisotopic (exact) mass is 223 g/mol. The second-order valence-electron chi connectivity index (χ2n) is 2.97. The lowest BCUT2D eigenvalue weighted by Gasteiger charge is -2.07. The molecule has 0 aromatic carbocycles. The normalized spacial score (nSPS) is 13.4. The number of carboxylic acids is 1. The van der Waals surface area contributed by atoms with Gasteiger partial charge in [-0.2, -0.15) is 0 Å². The van der Waals surface area contributed by atoms with Crippen molar-refractivity contribution in [3.63, 3.8) is 0 Å². The molecule has 0 aromatic rings. The molecule has 0 saturated carbocycles. The third-order valence-corrected chi connectivity index (χ3v) is 1.73. The smallest absolute Gasteiger partial charge is 0.328 e. The lowest BCUT2D eigenvalue weighted by atomic mass is 10.2. The largest absolute Gasteiger partial charge is 0.480 e. The van der Waals surface area contributed by atoms with E-state index in [1.54, 1.807) is 0 Å². The molecule has 0 aliphatic carbocycles. The van der Waals surface area contributed by atoms with Gasteiger partial charge in [-0.3, -0.25) is 4.99 Å². The molecule has 1 atom stereocenters. The number of carboxylic acid groups (broad SMARTS) is 1. The van der Waals surface area contributed by atoms with Crippen molar-refractivity contribution in [2.75, 3.05) is 0 Å². The second kappa shape index (κ2) is 8.40. The van der Waals surface area contributed by atoms with Crippen LogP contribution in [0.3, 0.4) is 0 Å². The molecule has 0 bridgehead atoms. The second-order valence-corrected chi connectivity index (χ2v) is 2.97. The Kier molecular flexibility index (Phi) is 7.40. The minimum Gasteiger partial charge on any atom is -0.480 e. The summed E-state index contributed by atoms with van der Waals surface area (Å²) in [4.78, 5) is 18.6. The number of nitrogens with zero attached hydrogens (tertiary/aromatic N) is 2. The minimum atomic E-state index is -0.941. The molecular formula is C11H17N3O2. The van der Waals surface area contributed by atoms with Crippen LogP contribution < -0.4 is 5.32 Å². The predicted octanol–water partition coefficient (Wildman–Crippen LogP) is 1.59. The van der Waals surface area contributed by atoms with Gasteiger partial charge in [0.25, 0.3) is 0 Å². The molecule has 5 nitrogen and oxygen atoms in total. The van der Waals surface area contributed by atoms with Gasteiger partial charge in [0, 0.05) is 6.20 Å². The van der Waals surface area contributed by atoms with Gasteiger partial charge >= 0.3 is 5.97 Å². The summed E-state index contributed by atoms with van der Waals surface area (Å²) in [7, 11) is 0. The van der Waals surface area contributed by atoms with Crippen LogP contribution >= 0.6 is 0 Å². The van der Waals surface area contributed by atoms with Gasteiger partial charge in [-0.25, -0.2) is 9.79 Å². The number of hydrogen-bond acceptors (Lipinski definition) is 3. The maximum atomic E-state index is 10.9. The van der Waals surface area contributed by atoms with E-state index in [2.05, 4.69) is 28.5 Å². The molecule has 0 amide bonds. The zero-order chi connectivity index (χ0) is 12.4. The molecule has 0 spiro atoms. The molecule has 0 aliphatic rings. The Labute approximate surface area is 95.3 Å². The van der Waals surface area contributed by atoms with Crippen LogP contribution in [0.5, 0.6) is 0 Å². The first-order chi connectivity index (χ1) is 7.65. The van der Waals surface area contributed by atoms with Crippen LogP contribution in [0.1, 0.15) is 19.8 Å². The van der Waals surface area contributed by atoms with Crippen LogP contribution in [0.15, 0.2) is 35.4 Å². The first-order valence-electron chi connectivity index (χ1n) is 4.97. The molecule has 0 aliphatic heterocycles. The maximum absolute atomic E-state index is 10.9. The number of aliphatic imine (C=N–C) groups is 2. The van der Waals surface area contributed by atoms with E-state index in [0.717, 1.165) is 6.42 Å². The minimum absolute atomic E-state index is 0.381. The highest BCUT2D eigenvalue weighted by Gasteiger charge is 2.14. The van der Waals surface area contributed by atoms with Crippen LogP contribution in [0.4, 0.5) is 0 Å². The molecule has 16 heavy (non-hydrogen) atoms. The molecule has 0 fully saturated rings. The number of hydrogen-bond donors (Lipinski definition) is 2. The third-order valence-electron chi connectivity index (χ3n) is 1.73. The number of carbonyl (C=O) groups is 1. The van der Waals surface area contributed by atoms with E-state index in [9.17, 15) is 4.79 Å². The lowest BCUT2D eigenvalue weighted by molar-refractivity contribution is -0.138. The summed E-state index contributed by atoms with van der Waals surface area (Å²) in [6, 6.07) is -0.748. The molecule has 0 saturated heterocycles. The van der Waals surface area contributed by atoms with Crippen molar-refractivity contribution in [2.45, 2.75) is 25.8 Å². The summed E-state index contributed by atoms with van der Waals surface area (Å²) >= 11 is 0. The summed E-state index contributed by atoms with van der Waals surface area (Å²) in [6.07, 6.45) is 5.42. The zero-order valence-corrected chi connectivity index (χ0v) is 9.39. The number of rotatable bonds is 7. The Morgan fingerprint density at radius 3 is 2.69 bits per heavy atom. The Morgan fingerprint density at radius 2 is 2.25 bits per heavy atom. The van der Waals surface area contributed by atoms with Crippen molar-refractivity contribution in [3.8, 4) is 0 Å². The van der Waals surface area contributed by atoms with Crippen molar-refractivity contribution >= 4 is 18.1 Å². The Bertz CT molecular complexity index is 308. The van der Waals surface area contributed by atoms with Crippen LogP contribution in [0, 0.1) is 0 Å². The fourth-order valence-electron chi connectivity index (χ4n) is 0.990. The Hall–Kier alpha value is -1.91. The first kappa shape index (κ1) is 14.1. The SMILES string of the molecule is C=CN=CNC(C=C)=NC(CCC)C(=O)O. The van der Waals surface area contributed by atoms with E-state index in [1.807, 2.05) is 6.92 Å². The van der Waals surface area contributed by atoms with E-state index < -0.39 is 12.0 Å². The van der Waals surface area contributed by atoms with Crippen molar-refractivity contribution < 1.29 is 9.90 Å². The van der Waals surface area contributed by atoms with Crippen LogP contribution in [-0.2, 0) is 4.79 Å². The molecule has 0 radical (unpaired) electrons. The molecule has 0 heterocycles.